The van der Waals surface area contributed by atoms with Gasteiger partial charge in [0.2, 0.25) is 5.95 Å². The van der Waals surface area contributed by atoms with Crippen LogP contribution in [0.2, 0.25) is 0 Å². The Balaban J connectivity index is 1.40. The third kappa shape index (κ3) is 3.43. The number of hydrogen-bond donors (Lipinski definition) is 0. The van der Waals surface area contributed by atoms with Crippen LogP contribution in [0.15, 0.2) is 23.1 Å². The van der Waals surface area contributed by atoms with Gasteiger partial charge in [-0.1, -0.05) is 0 Å². The Kier molecular flexibility index (Phi) is 4.61. The van der Waals surface area contributed by atoms with Gasteiger partial charge in [0.1, 0.15) is 5.82 Å². The van der Waals surface area contributed by atoms with Gasteiger partial charge in [0.15, 0.2) is 0 Å². The lowest BCUT2D eigenvalue weighted by Crippen LogP contribution is -2.38. The first-order chi connectivity index (χ1) is 12.6. The van der Waals surface area contributed by atoms with Crippen LogP contribution in [0.1, 0.15) is 30.5 Å². The summed E-state index contributed by atoms with van der Waals surface area (Å²) in [6.07, 6.45) is 7.01. The van der Waals surface area contributed by atoms with Crippen molar-refractivity contribution in [3.8, 4) is 0 Å². The number of anilines is 2. The summed E-state index contributed by atoms with van der Waals surface area (Å²) in [6, 6.07) is 3.72. The van der Waals surface area contributed by atoms with Crippen LogP contribution in [0.4, 0.5) is 11.8 Å². The summed E-state index contributed by atoms with van der Waals surface area (Å²) < 4.78 is 1.69. The number of nitrogens with zero attached hydrogens (tertiary/aromatic N) is 6. The summed E-state index contributed by atoms with van der Waals surface area (Å²) in [5.74, 6) is 2.20. The highest BCUT2D eigenvalue weighted by molar-refractivity contribution is 5.42. The van der Waals surface area contributed by atoms with Gasteiger partial charge in [-0.3, -0.25) is 4.79 Å². The second-order valence-corrected chi connectivity index (χ2v) is 7.53. The summed E-state index contributed by atoms with van der Waals surface area (Å²) in [5.41, 5.74) is 2.32. The minimum Gasteiger partial charge on any atom is -0.363 e. The van der Waals surface area contributed by atoms with Crippen molar-refractivity contribution in [3.05, 3.63) is 39.9 Å². The van der Waals surface area contributed by atoms with Crippen molar-refractivity contribution in [2.45, 2.75) is 38.6 Å². The smallest absolute Gasteiger partial charge is 0.267 e. The van der Waals surface area contributed by atoms with Crippen molar-refractivity contribution in [1.82, 2.24) is 19.7 Å². The molecular formula is C19H26N6O. The van der Waals surface area contributed by atoms with E-state index in [2.05, 4.69) is 20.0 Å². The van der Waals surface area contributed by atoms with Crippen LogP contribution in [0.25, 0.3) is 0 Å². The summed E-state index contributed by atoms with van der Waals surface area (Å²) in [6.45, 7) is 2.56. The van der Waals surface area contributed by atoms with E-state index in [1.54, 1.807) is 10.7 Å². The molecule has 0 amide bonds. The fourth-order valence-corrected chi connectivity index (χ4v) is 3.87. The second-order valence-electron chi connectivity index (χ2n) is 7.53. The molecule has 0 saturated carbocycles. The van der Waals surface area contributed by atoms with Crippen molar-refractivity contribution in [3.63, 3.8) is 0 Å². The monoisotopic (exact) mass is 354 g/mol. The van der Waals surface area contributed by atoms with E-state index in [4.69, 9.17) is 0 Å². The van der Waals surface area contributed by atoms with Crippen LogP contribution >= 0.6 is 0 Å². The Hall–Kier alpha value is -2.44. The molecule has 2 aliphatic rings. The number of rotatable bonds is 4. The largest absolute Gasteiger partial charge is 0.363 e. The van der Waals surface area contributed by atoms with E-state index in [0.29, 0.717) is 5.92 Å². The van der Waals surface area contributed by atoms with Crippen LogP contribution in [-0.4, -0.2) is 46.9 Å². The zero-order valence-electron chi connectivity index (χ0n) is 15.6. The van der Waals surface area contributed by atoms with Gasteiger partial charge in [-0.05, 0) is 49.7 Å². The maximum absolute atomic E-state index is 12.3. The molecule has 0 spiro atoms. The molecule has 4 rings (SSSR count). The highest BCUT2D eigenvalue weighted by Crippen LogP contribution is 2.23. The summed E-state index contributed by atoms with van der Waals surface area (Å²) >= 11 is 0. The molecule has 1 aliphatic carbocycles. The van der Waals surface area contributed by atoms with Crippen molar-refractivity contribution in [2.24, 2.45) is 5.92 Å². The quantitative estimate of drug-likeness (QED) is 0.829. The van der Waals surface area contributed by atoms with Crippen molar-refractivity contribution in [1.29, 1.82) is 0 Å². The Morgan fingerprint density at radius 3 is 2.81 bits per heavy atom. The highest BCUT2D eigenvalue weighted by Gasteiger charge is 2.23. The zero-order valence-corrected chi connectivity index (χ0v) is 15.6. The summed E-state index contributed by atoms with van der Waals surface area (Å²) in [4.78, 5) is 25.6. The van der Waals surface area contributed by atoms with Gasteiger partial charge >= 0.3 is 0 Å². The molecule has 1 aliphatic heterocycles. The molecule has 2 aromatic rings. The van der Waals surface area contributed by atoms with Crippen LogP contribution < -0.4 is 15.4 Å². The average molecular weight is 354 g/mol. The molecule has 0 radical (unpaired) electrons. The summed E-state index contributed by atoms with van der Waals surface area (Å²) in [7, 11) is 3.97. The Morgan fingerprint density at radius 1 is 1.23 bits per heavy atom. The van der Waals surface area contributed by atoms with Gasteiger partial charge in [-0.2, -0.15) is 10.1 Å². The maximum Gasteiger partial charge on any atom is 0.267 e. The molecule has 138 valence electrons. The van der Waals surface area contributed by atoms with Gasteiger partial charge in [0, 0.05) is 46.0 Å². The van der Waals surface area contributed by atoms with E-state index in [-0.39, 0.29) is 5.56 Å². The van der Waals surface area contributed by atoms with Crippen LogP contribution in [0, 0.1) is 5.92 Å². The number of piperidine rings is 1. The predicted octanol–water partition coefficient (Wildman–Crippen LogP) is 1.50. The summed E-state index contributed by atoms with van der Waals surface area (Å²) in [5, 5.41) is 4.62. The van der Waals surface area contributed by atoms with Crippen molar-refractivity contribution in [2.75, 3.05) is 37.0 Å². The lowest BCUT2D eigenvalue weighted by atomic mass is 9.97. The van der Waals surface area contributed by atoms with Crippen LogP contribution in [0.5, 0.6) is 0 Å². The molecule has 1 saturated heterocycles. The van der Waals surface area contributed by atoms with E-state index in [0.717, 1.165) is 74.8 Å². The first kappa shape index (κ1) is 17.0. The van der Waals surface area contributed by atoms with E-state index in [1.807, 2.05) is 31.3 Å². The molecule has 7 heteroatoms. The molecule has 3 heterocycles. The van der Waals surface area contributed by atoms with E-state index in [9.17, 15) is 4.79 Å². The fourth-order valence-electron chi connectivity index (χ4n) is 3.87. The normalized spacial score (nSPS) is 17.4. The van der Waals surface area contributed by atoms with Crippen molar-refractivity contribution >= 4 is 11.8 Å². The van der Waals surface area contributed by atoms with Gasteiger partial charge in [-0.25, -0.2) is 9.67 Å². The molecular weight excluding hydrogens is 328 g/mol. The molecule has 2 aromatic heterocycles. The number of aryl methyl sites for hydroxylation is 2. The van der Waals surface area contributed by atoms with Crippen molar-refractivity contribution < 1.29 is 0 Å². The molecule has 0 N–H and O–H groups in total. The van der Waals surface area contributed by atoms with Gasteiger partial charge < -0.3 is 9.80 Å². The maximum atomic E-state index is 12.3. The first-order valence-electron chi connectivity index (χ1n) is 9.45. The zero-order chi connectivity index (χ0) is 18.1. The highest BCUT2D eigenvalue weighted by atomic mass is 16.1. The topological polar surface area (TPSA) is 67.2 Å². The molecule has 0 aromatic carbocycles. The number of aromatic nitrogens is 4. The molecule has 0 bridgehead atoms. The minimum atomic E-state index is 0.0510. The average Bonchev–Trinajstić information content (AvgIpc) is 3.10. The molecule has 0 unspecified atom stereocenters. The standard InChI is InChI=1S/C19H26N6O/c1-23(2)17-6-9-20-19(21-17)24-10-7-14(8-11-24)13-25-18(26)12-15-4-3-5-16(15)22-25/h6,9,12,14H,3-5,7-8,10-11,13H2,1-2H3. The predicted molar refractivity (Wildman–Crippen MR) is 102 cm³/mol. The Morgan fingerprint density at radius 2 is 2.04 bits per heavy atom. The lowest BCUT2D eigenvalue weighted by molar-refractivity contribution is 0.332. The minimum absolute atomic E-state index is 0.0510. The Labute approximate surface area is 153 Å². The Bertz CT molecular complexity index is 838. The fraction of sp³-hybridized carbons (Fsp3) is 0.579. The van der Waals surface area contributed by atoms with Crippen LogP contribution in [0.3, 0.4) is 0 Å². The number of hydrogen-bond acceptors (Lipinski definition) is 6. The molecule has 7 nitrogen and oxygen atoms in total. The van der Waals surface area contributed by atoms with E-state index < -0.39 is 0 Å². The van der Waals surface area contributed by atoms with Gasteiger partial charge in [0.05, 0.1) is 5.69 Å². The third-order valence-corrected chi connectivity index (χ3v) is 5.44. The second kappa shape index (κ2) is 7.05. The third-order valence-electron chi connectivity index (χ3n) is 5.44. The molecule has 26 heavy (non-hydrogen) atoms. The SMILES string of the molecule is CN(C)c1ccnc(N2CCC(Cn3nc4c(cc3=O)CCC4)CC2)n1. The lowest BCUT2D eigenvalue weighted by Gasteiger charge is -2.32. The van der Waals surface area contributed by atoms with Gasteiger partial charge in [0.25, 0.3) is 5.56 Å². The van der Waals surface area contributed by atoms with E-state index >= 15 is 0 Å². The molecule has 1 fully saturated rings. The van der Waals surface area contributed by atoms with Gasteiger partial charge in [-0.15, -0.1) is 0 Å². The number of fused-ring (bicyclic) bond motifs is 1. The first-order valence-corrected chi connectivity index (χ1v) is 9.45. The van der Waals surface area contributed by atoms with Crippen LogP contribution in [-0.2, 0) is 19.4 Å². The van der Waals surface area contributed by atoms with E-state index in [1.165, 1.54) is 0 Å². The molecule has 0 atom stereocenters.